The number of aromatic nitrogens is 3. The minimum atomic E-state index is 0.701. The molecule has 0 N–H and O–H groups in total. The molecule has 0 fully saturated rings. The summed E-state index contributed by atoms with van der Waals surface area (Å²) in [4.78, 5) is 9.28. The molecule has 0 radical (unpaired) electrons. The fourth-order valence-electron chi connectivity index (χ4n) is 9.10. The first-order valence-corrected chi connectivity index (χ1v) is 18.1. The second-order valence-electron chi connectivity index (χ2n) is 14.2. The van der Waals surface area contributed by atoms with Crippen molar-refractivity contribution in [3.63, 3.8) is 0 Å². The lowest BCUT2D eigenvalue weighted by molar-refractivity contribution is 1.11. The average molecular weight is 672 g/mol. The Hall–Kier alpha value is -7.10. The summed E-state index contributed by atoms with van der Waals surface area (Å²) in [6.07, 6.45) is 5.83. The number of rotatable bonds is 3. The van der Waals surface area contributed by atoms with E-state index in [1.165, 1.54) is 97.7 Å². The molecule has 0 spiro atoms. The van der Waals surface area contributed by atoms with Crippen molar-refractivity contribution in [1.82, 2.24) is 14.4 Å². The van der Waals surface area contributed by atoms with E-state index in [0.717, 1.165) is 11.3 Å². The maximum Gasteiger partial charge on any atom is 0.234 e. The van der Waals surface area contributed by atoms with Crippen molar-refractivity contribution in [3.8, 4) is 33.5 Å². The molecular weight excluding hydrogens is 643 g/mol. The first kappa shape index (κ1) is 28.6. The van der Waals surface area contributed by atoms with Gasteiger partial charge >= 0.3 is 0 Å². The van der Waals surface area contributed by atoms with E-state index in [4.69, 9.17) is 4.98 Å². The van der Waals surface area contributed by atoms with E-state index in [1.807, 2.05) is 16.7 Å². The zero-order valence-electron chi connectivity index (χ0n) is 28.6. The summed E-state index contributed by atoms with van der Waals surface area (Å²) >= 11 is 0. The highest BCUT2D eigenvalue weighted by atomic mass is 15.1. The quantitative estimate of drug-likeness (QED) is 0.175. The van der Waals surface area contributed by atoms with Crippen molar-refractivity contribution >= 4 is 81.2 Å². The molecule has 0 aliphatic rings. The highest BCUT2D eigenvalue weighted by Crippen LogP contribution is 2.46. The van der Waals surface area contributed by atoms with Gasteiger partial charge in [0.15, 0.2) is 0 Å². The van der Waals surface area contributed by atoms with E-state index in [9.17, 15) is 0 Å². The molecule has 0 aliphatic heterocycles. The van der Waals surface area contributed by atoms with Crippen LogP contribution in [0.1, 0.15) is 0 Å². The zero-order chi connectivity index (χ0) is 34.6. The predicted molar refractivity (Wildman–Crippen MR) is 223 cm³/mol. The molecule has 0 bridgehead atoms. The lowest BCUT2D eigenvalue weighted by atomic mass is 9.85. The third kappa shape index (κ3) is 4.05. The van der Waals surface area contributed by atoms with E-state index >= 15 is 0 Å². The summed E-state index contributed by atoms with van der Waals surface area (Å²) in [5, 5.41) is 18.0. The van der Waals surface area contributed by atoms with Crippen LogP contribution in [0.3, 0.4) is 0 Å². The number of hydrogen-bond acceptors (Lipinski definition) is 2. The Labute approximate surface area is 304 Å². The maximum absolute atomic E-state index is 4.84. The van der Waals surface area contributed by atoms with Crippen molar-refractivity contribution in [2.24, 2.45) is 0 Å². The molecule has 2 aromatic heterocycles. The van der Waals surface area contributed by atoms with Crippen LogP contribution < -0.4 is 0 Å². The molecule has 0 unspecified atom stereocenters. The van der Waals surface area contributed by atoms with Crippen molar-refractivity contribution < 1.29 is 0 Å². The van der Waals surface area contributed by atoms with Gasteiger partial charge in [-0.1, -0.05) is 146 Å². The van der Waals surface area contributed by atoms with Gasteiger partial charge in [0.2, 0.25) is 5.78 Å². The molecule has 2 heterocycles. The molecule has 0 atom stereocenters. The maximum atomic E-state index is 4.84. The Kier molecular flexibility index (Phi) is 5.77. The molecule has 12 aromatic rings. The molecule has 10 aromatic carbocycles. The second-order valence-corrected chi connectivity index (χ2v) is 14.2. The Morgan fingerprint density at radius 1 is 0.377 bits per heavy atom. The molecule has 12 rings (SSSR count). The van der Waals surface area contributed by atoms with Crippen molar-refractivity contribution in [3.05, 3.63) is 176 Å². The van der Waals surface area contributed by atoms with E-state index in [1.54, 1.807) is 6.20 Å². The van der Waals surface area contributed by atoms with Crippen molar-refractivity contribution in [1.29, 1.82) is 0 Å². The largest absolute Gasteiger partial charge is 0.291 e. The van der Waals surface area contributed by atoms with Crippen molar-refractivity contribution in [2.75, 3.05) is 0 Å². The molecule has 0 aliphatic carbocycles. The number of hydrogen-bond donors (Lipinski definition) is 0. The second kappa shape index (κ2) is 10.7. The average Bonchev–Trinajstić information content (AvgIpc) is 3.66. The lowest BCUT2D eigenvalue weighted by Gasteiger charge is -2.18. The minimum Gasteiger partial charge on any atom is -0.291 e. The first-order chi connectivity index (χ1) is 26.3. The van der Waals surface area contributed by atoms with Gasteiger partial charge in [0.25, 0.3) is 0 Å². The number of benzene rings is 9. The monoisotopic (exact) mass is 671 g/mol. The van der Waals surface area contributed by atoms with Gasteiger partial charge in [0.05, 0.1) is 5.69 Å². The number of imidazole rings is 1. The van der Waals surface area contributed by atoms with E-state index in [-0.39, 0.29) is 0 Å². The van der Waals surface area contributed by atoms with Crippen LogP contribution in [0.2, 0.25) is 0 Å². The Morgan fingerprint density at radius 2 is 0.906 bits per heavy atom. The third-order valence-electron chi connectivity index (χ3n) is 11.4. The van der Waals surface area contributed by atoms with E-state index < -0.39 is 0 Å². The minimum absolute atomic E-state index is 0.701. The standard InChI is InChI=1S/C50H29N3/c1-2-12-37-36(11-1)35(24-25-38(37)45-29-53-27-7-26-51-50(53)52-45)30-18-20-31(21-19-30)44-28-34-10-5-15-40-39-13-3-8-32-22-23-33-9-4-14-41(47(33)46(32)39)42-16-6-17-43(44)49(42)48(34)40/h1-29H. The van der Waals surface area contributed by atoms with Crippen LogP contribution in [0.4, 0.5) is 0 Å². The van der Waals surface area contributed by atoms with E-state index in [0.29, 0.717) is 5.78 Å². The fraction of sp³-hybridized carbons (Fsp3) is 0. The highest BCUT2D eigenvalue weighted by Gasteiger charge is 2.18. The summed E-state index contributed by atoms with van der Waals surface area (Å²) in [6, 6.07) is 58.4. The molecule has 3 heteroatoms. The normalized spacial score (nSPS) is 12.2. The number of nitrogens with zero attached hydrogens (tertiary/aromatic N) is 3. The summed E-state index contributed by atoms with van der Waals surface area (Å²) < 4.78 is 1.97. The molecule has 0 saturated carbocycles. The van der Waals surface area contributed by atoms with Gasteiger partial charge in [-0.2, -0.15) is 0 Å². The van der Waals surface area contributed by atoms with Gasteiger partial charge in [-0.3, -0.25) is 4.40 Å². The lowest BCUT2D eigenvalue weighted by Crippen LogP contribution is -1.90. The predicted octanol–water partition coefficient (Wildman–Crippen LogP) is 13.2. The van der Waals surface area contributed by atoms with Crippen LogP contribution >= 0.6 is 0 Å². The zero-order valence-corrected chi connectivity index (χ0v) is 28.6. The Morgan fingerprint density at radius 3 is 1.58 bits per heavy atom. The Balaban J connectivity index is 1.08. The van der Waals surface area contributed by atoms with Gasteiger partial charge in [-0.05, 0) is 110 Å². The molecular formula is C50H29N3. The summed E-state index contributed by atoms with van der Waals surface area (Å²) in [5.41, 5.74) is 6.87. The van der Waals surface area contributed by atoms with Crippen LogP contribution in [0, 0.1) is 0 Å². The van der Waals surface area contributed by atoms with Gasteiger partial charge in [-0.15, -0.1) is 0 Å². The summed E-state index contributed by atoms with van der Waals surface area (Å²) in [7, 11) is 0. The van der Waals surface area contributed by atoms with Crippen LogP contribution in [0.5, 0.6) is 0 Å². The highest BCUT2D eigenvalue weighted by molar-refractivity contribution is 6.38. The third-order valence-corrected chi connectivity index (χ3v) is 11.4. The van der Waals surface area contributed by atoms with Crippen LogP contribution in [-0.4, -0.2) is 14.4 Å². The Bertz CT molecular complexity index is 3410. The number of fused-ring (bicyclic) bond motifs is 4. The summed E-state index contributed by atoms with van der Waals surface area (Å²) in [6.45, 7) is 0. The topological polar surface area (TPSA) is 30.2 Å². The molecule has 0 amide bonds. The van der Waals surface area contributed by atoms with Crippen molar-refractivity contribution in [2.45, 2.75) is 0 Å². The summed E-state index contributed by atoms with van der Waals surface area (Å²) in [5.74, 6) is 0.701. The molecule has 53 heavy (non-hydrogen) atoms. The SMILES string of the molecule is c1ccc2c(-c3cn4cccnc4n3)ccc(-c3ccc(-c4cc5cccc6c7cccc8ccc9cccc(c%10cccc4c%10c56)c9c87)cc3)c2c1. The smallest absolute Gasteiger partial charge is 0.234 e. The fourth-order valence-corrected chi connectivity index (χ4v) is 9.10. The molecule has 244 valence electrons. The van der Waals surface area contributed by atoms with Gasteiger partial charge in [-0.25, -0.2) is 9.97 Å². The van der Waals surface area contributed by atoms with Crippen LogP contribution in [0.25, 0.3) is 115 Å². The molecule has 0 saturated heterocycles. The van der Waals surface area contributed by atoms with E-state index in [2.05, 4.69) is 163 Å². The van der Waals surface area contributed by atoms with Gasteiger partial charge in [0.1, 0.15) is 0 Å². The van der Waals surface area contributed by atoms with Crippen LogP contribution in [0.15, 0.2) is 176 Å². The van der Waals surface area contributed by atoms with Crippen LogP contribution in [-0.2, 0) is 0 Å². The van der Waals surface area contributed by atoms with Gasteiger partial charge in [0, 0.05) is 24.2 Å². The van der Waals surface area contributed by atoms with Gasteiger partial charge < -0.3 is 0 Å². The first-order valence-electron chi connectivity index (χ1n) is 18.1. The molecule has 3 nitrogen and oxygen atoms in total.